The monoisotopic (exact) mass is 686 g/mol. The second-order valence-electron chi connectivity index (χ2n) is 15.5. The maximum atomic E-state index is 6.23. The summed E-state index contributed by atoms with van der Waals surface area (Å²) in [4.78, 5) is 0. The predicted octanol–water partition coefficient (Wildman–Crippen LogP) is 15.0. The van der Waals surface area contributed by atoms with Crippen LogP contribution >= 0.6 is 0 Å². The molecular weight excluding hydrogens is 653 g/mol. The first kappa shape index (κ1) is 29.8. The Balaban J connectivity index is 1.10. The molecule has 11 aromatic rings. The van der Waals surface area contributed by atoms with Gasteiger partial charge in [0.05, 0.1) is 0 Å². The molecule has 54 heavy (non-hydrogen) atoms. The van der Waals surface area contributed by atoms with Crippen molar-refractivity contribution in [2.45, 2.75) is 19.3 Å². The fourth-order valence-electron chi connectivity index (χ4n) is 10.2. The summed E-state index contributed by atoms with van der Waals surface area (Å²) >= 11 is 0. The lowest BCUT2D eigenvalue weighted by atomic mass is 9.77. The van der Waals surface area contributed by atoms with Gasteiger partial charge in [0.1, 0.15) is 11.2 Å². The Morgan fingerprint density at radius 1 is 0.333 bits per heavy atom. The van der Waals surface area contributed by atoms with Crippen molar-refractivity contribution in [2.24, 2.45) is 0 Å². The minimum atomic E-state index is -0.169. The molecule has 0 aliphatic heterocycles. The lowest BCUT2D eigenvalue weighted by molar-refractivity contribution is 0.669. The smallest absolute Gasteiger partial charge is 0.135 e. The van der Waals surface area contributed by atoms with Gasteiger partial charge < -0.3 is 4.42 Å². The van der Waals surface area contributed by atoms with Crippen LogP contribution in [0.2, 0.25) is 0 Å². The van der Waals surface area contributed by atoms with Gasteiger partial charge in [0.25, 0.3) is 0 Å². The minimum absolute atomic E-state index is 0.169. The van der Waals surface area contributed by atoms with Crippen LogP contribution in [0, 0.1) is 0 Å². The quantitative estimate of drug-likeness (QED) is 0.130. The number of para-hydroxylation sites is 1. The first-order chi connectivity index (χ1) is 26.6. The fourth-order valence-corrected chi connectivity index (χ4v) is 10.2. The first-order valence-corrected chi connectivity index (χ1v) is 18.9. The molecule has 1 aliphatic rings. The van der Waals surface area contributed by atoms with E-state index in [4.69, 9.17) is 4.42 Å². The van der Waals surface area contributed by atoms with E-state index in [2.05, 4.69) is 178 Å². The molecule has 1 aromatic heterocycles. The molecule has 0 saturated carbocycles. The summed E-state index contributed by atoms with van der Waals surface area (Å²) in [5.74, 6) is 0. The molecule has 0 amide bonds. The summed E-state index contributed by atoms with van der Waals surface area (Å²) in [5, 5.41) is 15.3. The van der Waals surface area contributed by atoms with Gasteiger partial charge in [-0.1, -0.05) is 159 Å². The zero-order valence-corrected chi connectivity index (χ0v) is 30.1. The highest BCUT2D eigenvalue weighted by molar-refractivity contribution is 6.23. The van der Waals surface area contributed by atoms with Crippen molar-refractivity contribution in [1.82, 2.24) is 0 Å². The summed E-state index contributed by atoms with van der Waals surface area (Å²) in [6, 6.07) is 62.8. The van der Waals surface area contributed by atoms with Crippen LogP contribution < -0.4 is 0 Å². The number of benzene rings is 10. The molecule has 0 unspecified atom stereocenters. The van der Waals surface area contributed by atoms with Crippen LogP contribution in [-0.2, 0) is 5.41 Å². The van der Waals surface area contributed by atoms with E-state index in [1.165, 1.54) is 98.4 Å². The van der Waals surface area contributed by atoms with Crippen LogP contribution in [0.15, 0.2) is 174 Å². The Kier molecular flexibility index (Phi) is 5.90. The van der Waals surface area contributed by atoms with E-state index in [0.717, 1.165) is 21.9 Å². The molecule has 10 aromatic carbocycles. The molecule has 1 heteroatoms. The van der Waals surface area contributed by atoms with Crippen LogP contribution in [-0.4, -0.2) is 0 Å². The highest BCUT2D eigenvalue weighted by Gasteiger charge is 2.39. The summed E-state index contributed by atoms with van der Waals surface area (Å²) in [6.07, 6.45) is 0. The van der Waals surface area contributed by atoms with Crippen molar-refractivity contribution in [3.8, 4) is 33.4 Å². The van der Waals surface area contributed by atoms with E-state index in [-0.39, 0.29) is 5.41 Å². The van der Waals surface area contributed by atoms with E-state index < -0.39 is 0 Å². The second kappa shape index (κ2) is 10.7. The molecule has 1 heterocycles. The highest BCUT2D eigenvalue weighted by Crippen LogP contribution is 2.56. The van der Waals surface area contributed by atoms with E-state index in [1.807, 2.05) is 6.07 Å². The average molecular weight is 687 g/mol. The number of hydrogen-bond donors (Lipinski definition) is 0. The third-order valence-corrected chi connectivity index (χ3v) is 12.4. The number of fused-ring (bicyclic) bond motifs is 15. The van der Waals surface area contributed by atoms with Crippen molar-refractivity contribution >= 4 is 75.8 Å². The van der Waals surface area contributed by atoms with Gasteiger partial charge in [0, 0.05) is 16.2 Å². The van der Waals surface area contributed by atoms with E-state index in [1.54, 1.807) is 0 Å². The SMILES string of the molecule is CC1(C)c2c(ccc3cc(-c4c5ccccc5c(-c5ccc6oc7ccccc7c6c5)c5ccccc45)ccc23)-c2c1c1ccccc1c1ccccc21. The number of rotatable bonds is 2. The number of hydrogen-bond acceptors (Lipinski definition) is 1. The Hall–Kier alpha value is -6.70. The summed E-state index contributed by atoms with van der Waals surface area (Å²) in [6.45, 7) is 4.85. The van der Waals surface area contributed by atoms with Crippen LogP contribution in [0.1, 0.15) is 25.0 Å². The Bertz CT molecular complexity index is 3350. The van der Waals surface area contributed by atoms with Gasteiger partial charge in [0.15, 0.2) is 0 Å². The largest absolute Gasteiger partial charge is 0.456 e. The second-order valence-corrected chi connectivity index (χ2v) is 15.5. The lowest BCUT2D eigenvalue weighted by Crippen LogP contribution is -2.16. The van der Waals surface area contributed by atoms with Crippen LogP contribution in [0.3, 0.4) is 0 Å². The molecule has 0 fully saturated rings. The topological polar surface area (TPSA) is 13.1 Å². The highest BCUT2D eigenvalue weighted by atomic mass is 16.3. The van der Waals surface area contributed by atoms with Crippen LogP contribution in [0.4, 0.5) is 0 Å². The van der Waals surface area contributed by atoms with Crippen molar-refractivity contribution in [1.29, 1.82) is 0 Å². The van der Waals surface area contributed by atoms with Gasteiger partial charge >= 0.3 is 0 Å². The van der Waals surface area contributed by atoms with Gasteiger partial charge in [-0.2, -0.15) is 0 Å². The van der Waals surface area contributed by atoms with Gasteiger partial charge in [-0.25, -0.2) is 0 Å². The normalized spacial score (nSPS) is 13.5. The molecule has 0 saturated heterocycles. The minimum Gasteiger partial charge on any atom is -0.456 e. The van der Waals surface area contributed by atoms with Gasteiger partial charge in [-0.15, -0.1) is 0 Å². The zero-order chi connectivity index (χ0) is 35.7. The van der Waals surface area contributed by atoms with Crippen molar-refractivity contribution in [3.05, 3.63) is 181 Å². The van der Waals surface area contributed by atoms with E-state index in [9.17, 15) is 0 Å². The van der Waals surface area contributed by atoms with E-state index in [0.29, 0.717) is 0 Å². The molecule has 0 spiro atoms. The Morgan fingerprint density at radius 2 is 0.815 bits per heavy atom. The van der Waals surface area contributed by atoms with Gasteiger partial charge in [-0.05, 0) is 123 Å². The summed E-state index contributed by atoms with van der Waals surface area (Å²) < 4.78 is 6.23. The maximum absolute atomic E-state index is 6.23. The lowest BCUT2D eigenvalue weighted by Gasteiger charge is -2.25. The predicted molar refractivity (Wildman–Crippen MR) is 230 cm³/mol. The molecule has 1 nitrogen and oxygen atoms in total. The molecule has 0 radical (unpaired) electrons. The fraction of sp³-hybridized carbons (Fsp3) is 0.0566. The Labute approximate surface area is 312 Å². The molecule has 252 valence electrons. The zero-order valence-electron chi connectivity index (χ0n) is 30.1. The maximum Gasteiger partial charge on any atom is 0.135 e. The van der Waals surface area contributed by atoms with Gasteiger partial charge in [0.2, 0.25) is 0 Å². The molecule has 0 atom stereocenters. The van der Waals surface area contributed by atoms with E-state index >= 15 is 0 Å². The third kappa shape index (κ3) is 3.88. The van der Waals surface area contributed by atoms with Crippen molar-refractivity contribution in [3.63, 3.8) is 0 Å². The molecular formula is C53H34O. The standard InChI is InChI=1S/C53H34O/c1-53(2)51-34-26-24-32(29-31(34)23-27-44(51)50-38-16-5-3-13-35(38)36-14-4-10-21-43(36)52(50)53)48-39-17-6-8-19-41(39)49(42-20-9-7-18-40(42)48)33-25-28-47-45(30-33)37-15-11-12-22-46(37)54-47/h3-30H,1-2H3. The third-order valence-electron chi connectivity index (χ3n) is 12.4. The molecule has 12 rings (SSSR count). The number of furan rings is 1. The summed E-state index contributed by atoms with van der Waals surface area (Å²) in [7, 11) is 0. The molecule has 0 N–H and O–H groups in total. The molecule has 0 bridgehead atoms. The average Bonchev–Trinajstić information content (AvgIpc) is 3.71. The Morgan fingerprint density at radius 3 is 1.46 bits per heavy atom. The molecule has 1 aliphatic carbocycles. The first-order valence-electron chi connectivity index (χ1n) is 18.9. The van der Waals surface area contributed by atoms with Crippen LogP contribution in [0.5, 0.6) is 0 Å². The summed E-state index contributed by atoms with van der Waals surface area (Å²) in [5.41, 5.74) is 12.3. The van der Waals surface area contributed by atoms with Crippen molar-refractivity contribution in [2.75, 3.05) is 0 Å². The van der Waals surface area contributed by atoms with Crippen molar-refractivity contribution < 1.29 is 4.42 Å². The van der Waals surface area contributed by atoms with Gasteiger partial charge in [-0.3, -0.25) is 0 Å². The van der Waals surface area contributed by atoms with Crippen LogP contribution in [0.25, 0.3) is 109 Å².